The van der Waals surface area contributed by atoms with Gasteiger partial charge < -0.3 is 5.32 Å². The summed E-state index contributed by atoms with van der Waals surface area (Å²) in [5.74, 6) is -0.120. The van der Waals surface area contributed by atoms with Gasteiger partial charge in [-0.2, -0.15) is 0 Å². The van der Waals surface area contributed by atoms with E-state index in [4.69, 9.17) is 28.2 Å². The quantitative estimate of drug-likeness (QED) is 0.630. The summed E-state index contributed by atoms with van der Waals surface area (Å²) >= 11 is 12.6. The van der Waals surface area contributed by atoms with Crippen LogP contribution in [0.2, 0.25) is 10.0 Å². The molecule has 0 amide bonds. The molecule has 0 bridgehead atoms. The Hall–Kier alpha value is -1.84. The lowest BCUT2D eigenvalue weighted by Gasteiger charge is -2.37. The molecular weight excluding hydrogens is 367 g/mol. The number of para-hydroxylation sites is 2. The van der Waals surface area contributed by atoms with Crippen molar-refractivity contribution in [2.24, 2.45) is 16.3 Å². The highest BCUT2D eigenvalue weighted by atomic mass is 35.5. The third-order valence-corrected chi connectivity index (χ3v) is 5.69. The second-order valence-electron chi connectivity index (χ2n) is 7.87. The van der Waals surface area contributed by atoms with E-state index in [1.165, 1.54) is 0 Å². The van der Waals surface area contributed by atoms with Gasteiger partial charge in [-0.25, -0.2) is 0 Å². The van der Waals surface area contributed by atoms with Gasteiger partial charge in [0.25, 0.3) is 0 Å². The summed E-state index contributed by atoms with van der Waals surface area (Å²) < 4.78 is 0. The highest BCUT2D eigenvalue weighted by molar-refractivity contribution is 6.35. The van der Waals surface area contributed by atoms with Crippen LogP contribution in [-0.2, 0) is 4.79 Å². The van der Waals surface area contributed by atoms with E-state index in [0.29, 0.717) is 16.5 Å². The Morgan fingerprint density at radius 2 is 1.88 bits per heavy atom. The van der Waals surface area contributed by atoms with Crippen LogP contribution in [0.5, 0.6) is 0 Å². The molecule has 5 heteroatoms. The second kappa shape index (κ2) is 6.40. The first kappa shape index (κ1) is 17.6. The summed E-state index contributed by atoms with van der Waals surface area (Å²) in [4.78, 5) is 18.0. The molecule has 2 aromatic rings. The molecular formula is C21H20Cl2N2O. The van der Waals surface area contributed by atoms with Crippen molar-refractivity contribution in [3.8, 4) is 0 Å². The maximum Gasteiger partial charge on any atom is 0.144 e. The average Bonchev–Trinajstić information content (AvgIpc) is 2.69. The molecule has 2 atom stereocenters. The van der Waals surface area contributed by atoms with Crippen molar-refractivity contribution in [3.05, 3.63) is 58.1 Å². The number of carbonyl (C=O) groups excluding carboxylic acids is 1. The zero-order valence-electron chi connectivity index (χ0n) is 14.7. The van der Waals surface area contributed by atoms with Crippen LogP contribution in [0, 0.1) is 11.3 Å². The minimum absolute atomic E-state index is 0.0833. The summed E-state index contributed by atoms with van der Waals surface area (Å²) in [7, 11) is 0. The molecule has 1 N–H and O–H groups in total. The molecule has 1 fully saturated rings. The number of rotatable bonds is 1. The van der Waals surface area contributed by atoms with Crippen molar-refractivity contribution in [2.75, 3.05) is 5.32 Å². The van der Waals surface area contributed by atoms with E-state index in [1.807, 2.05) is 36.4 Å². The van der Waals surface area contributed by atoms with Gasteiger partial charge >= 0.3 is 0 Å². The molecule has 2 aromatic carbocycles. The highest BCUT2D eigenvalue weighted by Gasteiger charge is 2.44. The zero-order valence-corrected chi connectivity index (χ0v) is 16.2. The summed E-state index contributed by atoms with van der Waals surface area (Å²) in [6, 6.07) is 13.1. The van der Waals surface area contributed by atoms with Crippen LogP contribution in [-0.4, -0.2) is 11.5 Å². The minimum atomic E-state index is -0.325. The number of anilines is 1. The molecule has 1 aliphatic carbocycles. The molecule has 134 valence electrons. The van der Waals surface area contributed by atoms with Crippen molar-refractivity contribution < 1.29 is 4.79 Å². The summed E-state index contributed by atoms with van der Waals surface area (Å²) in [6.45, 7) is 4.25. The van der Waals surface area contributed by atoms with Crippen LogP contribution in [0.3, 0.4) is 0 Å². The lowest BCUT2D eigenvalue weighted by molar-refractivity contribution is -0.124. The fraction of sp³-hybridized carbons (Fsp3) is 0.333. The predicted octanol–water partition coefficient (Wildman–Crippen LogP) is 6.24. The molecule has 26 heavy (non-hydrogen) atoms. The number of ketones is 1. The Morgan fingerprint density at radius 3 is 2.65 bits per heavy atom. The number of fused-ring (bicyclic) bond motifs is 2. The molecule has 3 nitrogen and oxygen atoms in total. The van der Waals surface area contributed by atoms with E-state index in [1.54, 1.807) is 6.07 Å². The van der Waals surface area contributed by atoms with Gasteiger partial charge in [0.1, 0.15) is 5.78 Å². The van der Waals surface area contributed by atoms with Crippen molar-refractivity contribution in [3.63, 3.8) is 0 Å². The molecule has 0 aromatic heterocycles. The average molecular weight is 387 g/mol. The van der Waals surface area contributed by atoms with Gasteiger partial charge in [0, 0.05) is 22.2 Å². The molecule has 1 heterocycles. The van der Waals surface area contributed by atoms with Gasteiger partial charge in [0.05, 0.1) is 23.3 Å². The summed E-state index contributed by atoms with van der Waals surface area (Å²) in [5.41, 5.74) is 3.50. The van der Waals surface area contributed by atoms with E-state index in [9.17, 15) is 4.79 Å². The standard InChI is InChI=1S/C21H20Cl2N2O/c1-21(2)10-17-19(18(26)11-21)20(13-8-7-12(22)9-14(13)23)25-16-6-4-3-5-15(16)24-17/h3-9,19-20,25H,10-11H2,1-2H3/t19?,20-/m0/s1. The number of Topliss-reactive ketones (excluding diaryl/α,β-unsaturated/α-hetero) is 1. The molecule has 0 radical (unpaired) electrons. The van der Waals surface area contributed by atoms with Crippen molar-refractivity contribution in [1.29, 1.82) is 0 Å². The smallest absolute Gasteiger partial charge is 0.144 e. The highest BCUT2D eigenvalue weighted by Crippen LogP contribution is 2.46. The number of hydrogen-bond donors (Lipinski definition) is 1. The van der Waals surface area contributed by atoms with Crippen molar-refractivity contribution >= 4 is 46.1 Å². The number of hydrogen-bond acceptors (Lipinski definition) is 3. The number of halogens is 2. The van der Waals surface area contributed by atoms with Gasteiger partial charge in [0.2, 0.25) is 0 Å². The fourth-order valence-corrected chi connectivity index (χ4v) is 4.55. The Labute approximate surface area is 163 Å². The zero-order chi connectivity index (χ0) is 18.5. The number of nitrogens with one attached hydrogen (secondary N) is 1. The van der Waals surface area contributed by atoms with Crippen molar-refractivity contribution in [2.45, 2.75) is 32.7 Å². The van der Waals surface area contributed by atoms with E-state index >= 15 is 0 Å². The maximum atomic E-state index is 13.1. The summed E-state index contributed by atoms with van der Waals surface area (Å²) in [5, 5.41) is 4.67. The van der Waals surface area contributed by atoms with Crippen LogP contribution in [0.4, 0.5) is 11.4 Å². The molecule has 2 aliphatic rings. The van der Waals surface area contributed by atoms with E-state index < -0.39 is 0 Å². The molecule has 0 spiro atoms. The Morgan fingerprint density at radius 1 is 1.12 bits per heavy atom. The predicted molar refractivity (Wildman–Crippen MR) is 108 cm³/mol. The number of nitrogens with zero attached hydrogens (tertiary/aromatic N) is 1. The third-order valence-electron chi connectivity index (χ3n) is 5.13. The Kier molecular flexibility index (Phi) is 4.32. The van der Waals surface area contributed by atoms with Gasteiger partial charge in [0.15, 0.2) is 0 Å². The van der Waals surface area contributed by atoms with Gasteiger partial charge in [-0.15, -0.1) is 0 Å². The normalized spacial score (nSPS) is 24.0. The molecule has 1 unspecified atom stereocenters. The molecule has 1 saturated carbocycles. The maximum absolute atomic E-state index is 13.1. The van der Waals surface area contributed by atoms with Gasteiger partial charge in [-0.1, -0.05) is 55.2 Å². The molecule has 1 aliphatic heterocycles. The minimum Gasteiger partial charge on any atom is -0.375 e. The van der Waals surface area contributed by atoms with Gasteiger partial charge in [-0.05, 0) is 41.7 Å². The number of benzene rings is 2. The second-order valence-corrected chi connectivity index (χ2v) is 8.71. The molecule has 4 rings (SSSR count). The Balaban J connectivity index is 1.89. The Bertz CT molecular complexity index is 920. The van der Waals surface area contributed by atoms with Crippen molar-refractivity contribution in [1.82, 2.24) is 0 Å². The van der Waals surface area contributed by atoms with E-state index in [0.717, 1.165) is 29.1 Å². The first-order chi connectivity index (χ1) is 12.3. The first-order valence-electron chi connectivity index (χ1n) is 8.75. The van der Waals surface area contributed by atoms with Crippen LogP contribution in [0.15, 0.2) is 47.5 Å². The monoisotopic (exact) mass is 386 g/mol. The first-order valence-corrected chi connectivity index (χ1v) is 9.50. The lowest BCUT2D eigenvalue weighted by atomic mass is 9.68. The lowest BCUT2D eigenvalue weighted by Crippen LogP contribution is -2.42. The van der Waals surface area contributed by atoms with Crippen LogP contribution in [0.1, 0.15) is 38.3 Å². The fourth-order valence-electron chi connectivity index (χ4n) is 4.03. The summed E-state index contributed by atoms with van der Waals surface area (Å²) in [6.07, 6.45) is 1.33. The van der Waals surface area contributed by atoms with E-state index in [-0.39, 0.29) is 23.2 Å². The number of aliphatic imine (C=N–C) groups is 1. The SMILES string of the molecule is CC1(C)CC(=O)C2C(=Nc3ccccc3N[C@H]2c2ccc(Cl)cc2Cl)C1. The molecule has 0 saturated heterocycles. The third kappa shape index (κ3) is 3.15. The van der Waals surface area contributed by atoms with E-state index in [2.05, 4.69) is 19.2 Å². The number of carbonyl (C=O) groups is 1. The van der Waals surface area contributed by atoms with Crippen LogP contribution >= 0.6 is 23.2 Å². The van der Waals surface area contributed by atoms with Gasteiger partial charge in [-0.3, -0.25) is 9.79 Å². The van der Waals surface area contributed by atoms with Crippen LogP contribution in [0.25, 0.3) is 0 Å². The topological polar surface area (TPSA) is 41.5 Å². The van der Waals surface area contributed by atoms with Crippen LogP contribution < -0.4 is 5.32 Å². The largest absolute Gasteiger partial charge is 0.375 e.